The van der Waals surface area contributed by atoms with Crippen molar-refractivity contribution in [2.75, 3.05) is 6.79 Å². The van der Waals surface area contributed by atoms with E-state index >= 15 is 0 Å². The van der Waals surface area contributed by atoms with Gasteiger partial charge in [0.25, 0.3) is 0 Å². The number of aryl methyl sites for hydroxylation is 1. The molecule has 0 fully saturated rings. The fraction of sp³-hybridized carbons (Fsp3) is 0.429. The topological polar surface area (TPSA) is 52.8 Å². The molecule has 0 unspecified atom stereocenters. The van der Waals surface area contributed by atoms with Gasteiger partial charge in [-0.05, 0) is 13.3 Å². The lowest BCUT2D eigenvalue weighted by molar-refractivity contribution is -0.118. The van der Waals surface area contributed by atoms with Crippen LogP contribution in [0.5, 0.6) is 11.5 Å². The van der Waals surface area contributed by atoms with Crippen LogP contribution in [0.4, 0.5) is 0 Å². The number of rotatable bonds is 3. The maximum atomic E-state index is 11.7. The molecular formula is C14H16N2O3S. The second-order valence-corrected chi connectivity index (χ2v) is 5.57. The van der Waals surface area contributed by atoms with Crippen LogP contribution in [-0.2, 0) is 11.3 Å². The summed E-state index contributed by atoms with van der Waals surface area (Å²) in [5, 5.41) is 0. The van der Waals surface area contributed by atoms with E-state index in [1.807, 2.05) is 30.5 Å². The van der Waals surface area contributed by atoms with Crippen LogP contribution in [0.25, 0.3) is 10.2 Å². The molecule has 2 heterocycles. The maximum absolute atomic E-state index is 11.7. The zero-order valence-electron chi connectivity index (χ0n) is 11.5. The summed E-state index contributed by atoms with van der Waals surface area (Å²) >= 11 is 1.51. The molecule has 1 aliphatic heterocycles. The Morgan fingerprint density at radius 2 is 2.10 bits per heavy atom. The van der Waals surface area contributed by atoms with Gasteiger partial charge in [-0.2, -0.15) is 4.99 Å². The Balaban J connectivity index is 2.16. The molecule has 6 heteroatoms. The highest BCUT2D eigenvalue weighted by atomic mass is 32.1. The van der Waals surface area contributed by atoms with Gasteiger partial charge in [-0.3, -0.25) is 4.79 Å². The summed E-state index contributed by atoms with van der Waals surface area (Å²) < 4.78 is 13.9. The highest BCUT2D eigenvalue weighted by Gasteiger charge is 2.17. The van der Waals surface area contributed by atoms with Crippen LogP contribution in [-0.4, -0.2) is 17.3 Å². The molecule has 0 saturated heterocycles. The minimum absolute atomic E-state index is 0.0682. The van der Waals surface area contributed by atoms with Gasteiger partial charge in [-0.15, -0.1) is 0 Å². The van der Waals surface area contributed by atoms with E-state index in [-0.39, 0.29) is 12.7 Å². The standard InChI is InChI=1S/C14H16N2O3S/c1-3-5-13(17)15-14-16(4-2)9-6-10-11(19-8-18-10)7-12(9)20-14/h6-7H,3-5,8H2,1-2H3. The Morgan fingerprint density at radius 1 is 1.35 bits per heavy atom. The highest BCUT2D eigenvalue weighted by molar-refractivity contribution is 7.16. The lowest BCUT2D eigenvalue weighted by Crippen LogP contribution is -2.15. The third kappa shape index (κ3) is 2.20. The average molecular weight is 292 g/mol. The fourth-order valence-corrected chi connectivity index (χ4v) is 3.35. The molecule has 20 heavy (non-hydrogen) atoms. The largest absolute Gasteiger partial charge is 0.454 e. The second-order valence-electron chi connectivity index (χ2n) is 4.56. The Morgan fingerprint density at radius 3 is 2.80 bits per heavy atom. The van der Waals surface area contributed by atoms with Crippen LogP contribution in [0.3, 0.4) is 0 Å². The van der Waals surface area contributed by atoms with E-state index in [2.05, 4.69) is 4.99 Å². The van der Waals surface area contributed by atoms with Crippen LogP contribution >= 0.6 is 11.3 Å². The van der Waals surface area contributed by atoms with Crippen molar-refractivity contribution >= 4 is 27.5 Å². The molecule has 0 bridgehead atoms. The summed E-state index contributed by atoms with van der Waals surface area (Å²) in [4.78, 5) is 16.7. The first-order chi connectivity index (χ1) is 9.72. The molecular weight excluding hydrogens is 276 g/mol. The molecule has 1 aromatic carbocycles. The second kappa shape index (κ2) is 5.28. The number of hydrogen-bond acceptors (Lipinski definition) is 4. The number of amides is 1. The predicted octanol–water partition coefficient (Wildman–Crippen LogP) is 2.68. The molecule has 2 aromatic rings. The number of benzene rings is 1. The van der Waals surface area contributed by atoms with E-state index in [0.717, 1.165) is 39.5 Å². The monoisotopic (exact) mass is 292 g/mol. The number of carbonyl (C=O) groups is 1. The molecule has 0 radical (unpaired) electrons. The first kappa shape index (κ1) is 13.2. The van der Waals surface area contributed by atoms with Gasteiger partial charge in [0.2, 0.25) is 12.7 Å². The maximum Gasteiger partial charge on any atom is 0.248 e. The number of nitrogens with zero attached hydrogens (tertiary/aromatic N) is 2. The molecule has 0 N–H and O–H groups in total. The van der Waals surface area contributed by atoms with Crippen molar-refractivity contribution in [1.82, 2.24) is 4.57 Å². The highest BCUT2D eigenvalue weighted by Crippen LogP contribution is 2.36. The van der Waals surface area contributed by atoms with Crippen LogP contribution in [0.15, 0.2) is 17.1 Å². The fourth-order valence-electron chi connectivity index (χ4n) is 2.23. The van der Waals surface area contributed by atoms with Crippen LogP contribution < -0.4 is 14.3 Å². The minimum Gasteiger partial charge on any atom is -0.454 e. The Labute approximate surface area is 120 Å². The van der Waals surface area contributed by atoms with Crippen molar-refractivity contribution in [3.8, 4) is 11.5 Å². The number of hydrogen-bond donors (Lipinski definition) is 0. The van der Waals surface area contributed by atoms with Crippen molar-refractivity contribution in [1.29, 1.82) is 0 Å². The van der Waals surface area contributed by atoms with E-state index in [0.29, 0.717) is 6.42 Å². The van der Waals surface area contributed by atoms with Crippen molar-refractivity contribution in [2.45, 2.75) is 33.2 Å². The van der Waals surface area contributed by atoms with Crippen molar-refractivity contribution < 1.29 is 14.3 Å². The molecule has 1 amide bonds. The van der Waals surface area contributed by atoms with Crippen LogP contribution in [0.2, 0.25) is 0 Å². The van der Waals surface area contributed by atoms with Crippen molar-refractivity contribution in [2.24, 2.45) is 4.99 Å². The molecule has 0 aliphatic carbocycles. The van der Waals surface area contributed by atoms with Crippen molar-refractivity contribution in [3.63, 3.8) is 0 Å². The molecule has 106 valence electrons. The van der Waals surface area contributed by atoms with Gasteiger partial charge in [0.1, 0.15) is 0 Å². The SMILES string of the molecule is CCCC(=O)N=c1sc2cc3c(cc2n1CC)OCO3. The summed E-state index contributed by atoms with van der Waals surface area (Å²) in [5.41, 5.74) is 1.03. The van der Waals surface area contributed by atoms with Crippen LogP contribution in [0.1, 0.15) is 26.7 Å². The number of carbonyl (C=O) groups excluding carboxylic acids is 1. The Hall–Kier alpha value is -1.82. The average Bonchev–Trinajstić information content (AvgIpc) is 2.98. The molecule has 5 nitrogen and oxygen atoms in total. The lowest BCUT2D eigenvalue weighted by Gasteiger charge is -2.01. The van der Waals surface area contributed by atoms with Gasteiger partial charge in [0.05, 0.1) is 10.2 Å². The van der Waals surface area contributed by atoms with Gasteiger partial charge in [-0.1, -0.05) is 18.3 Å². The number of ether oxygens (including phenoxy) is 2. The van der Waals surface area contributed by atoms with Gasteiger partial charge in [0.15, 0.2) is 16.3 Å². The number of fused-ring (bicyclic) bond motifs is 2. The Bertz CT molecular complexity index is 730. The zero-order chi connectivity index (χ0) is 14.1. The van der Waals surface area contributed by atoms with Crippen LogP contribution in [0, 0.1) is 0 Å². The van der Waals surface area contributed by atoms with Gasteiger partial charge in [-0.25, -0.2) is 0 Å². The normalized spacial score (nSPS) is 14.2. The van der Waals surface area contributed by atoms with E-state index in [1.165, 1.54) is 11.3 Å². The number of aromatic nitrogens is 1. The minimum atomic E-state index is -0.0682. The Kier molecular flexibility index (Phi) is 3.48. The number of thiazole rings is 1. The molecule has 0 atom stereocenters. The molecule has 0 spiro atoms. The first-order valence-corrected chi connectivity index (χ1v) is 7.55. The third-order valence-electron chi connectivity index (χ3n) is 3.18. The van der Waals surface area contributed by atoms with E-state index in [9.17, 15) is 4.79 Å². The van der Waals surface area contributed by atoms with E-state index < -0.39 is 0 Å². The summed E-state index contributed by atoms with van der Waals surface area (Å²) in [7, 11) is 0. The van der Waals surface area contributed by atoms with E-state index in [1.54, 1.807) is 0 Å². The molecule has 3 rings (SSSR count). The first-order valence-electron chi connectivity index (χ1n) is 6.73. The van der Waals surface area contributed by atoms with Crippen molar-refractivity contribution in [3.05, 3.63) is 16.9 Å². The quantitative estimate of drug-likeness (QED) is 0.874. The summed E-state index contributed by atoms with van der Waals surface area (Å²) in [6, 6.07) is 3.92. The molecule has 1 aromatic heterocycles. The summed E-state index contributed by atoms with van der Waals surface area (Å²) in [6.07, 6.45) is 1.30. The summed E-state index contributed by atoms with van der Waals surface area (Å²) in [5.74, 6) is 1.44. The summed E-state index contributed by atoms with van der Waals surface area (Å²) in [6.45, 7) is 5.05. The molecule has 1 aliphatic rings. The third-order valence-corrected chi connectivity index (χ3v) is 4.22. The van der Waals surface area contributed by atoms with Gasteiger partial charge in [0, 0.05) is 25.1 Å². The lowest BCUT2D eigenvalue weighted by atomic mass is 10.3. The molecule has 0 saturated carbocycles. The smallest absolute Gasteiger partial charge is 0.248 e. The van der Waals surface area contributed by atoms with Gasteiger partial charge < -0.3 is 14.0 Å². The van der Waals surface area contributed by atoms with E-state index in [4.69, 9.17) is 9.47 Å². The zero-order valence-corrected chi connectivity index (χ0v) is 12.3. The van der Waals surface area contributed by atoms with Gasteiger partial charge >= 0.3 is 0 Å². The predicted molar refractivity (Wildman–Crippen MR) is 77.1 cm³/mol.